The highest BCUT2D eigenvalue weighted by molar-refractivity contribution is 14.1. The highest BCUT2D eigenvalue weighted by atomic mass is 127. The van der Waals surface area contributed by atoms with Gasteiger partial charge in [0, 0.05) is 9.13 Å². The molecule has 0 aliphatic heterocycles. The van der Waals surface area contributed by atoms with Gasteiger partial charge >= 0.3 is 0 Å². The molecule has 6 nitrogen and oxygen atoms in total. The second-order valence-electron chi connectivity index (χ2n) is 7.70. The molecular weight excluding hydrogens is 549 g/mol. The zero-order chi connectivity index (χ0) is 23.5. The average Bonchev–Trinajstić information content (AvgIpc) is 3.22. The van der Waals surface area contributed by atoms with Crippen LogP contribution in [0.15, 0.2) is 65.1 Å². The Hall–Kier alpha value is -2.98. The van der Waals surface area contributed by atoms with Crippen molar-refractivity contribution < 1.29 is 13.9 Å². The minimum atomic E-state index is -0.285. The lowest BCUT2D eigenvalue weighted by molar-refractivity contribution is 0.0977. The van der Waals surface area contributed by atoms with Gasteiger partial charge in [0.15, 0.2) is 10.7 Å². The van der Waals surface area contributed by atoms with Gasteiger partial charge in [-0.1, -0.05) is 32.0 Å². The zero-order valence-electron chi connectivity index (χ0n) is 18.3. The third-order valence-electron chi connectivity index (χ3n) is 5.12. The molecule has 3 aromatic carbocycles. The second kappa shape index (κ2) is 9.88. The molecule has 8 heteroatoms. The summed E-state index contributed by atoms with van der Waals surface area (Å²) in [5, 5.41) is 5.93. The van der Waals surface area contributed by atoms with Gasteiger partial charge in [-0.15, -0.1) is 0 Å². The van der Waals surface area contributed by atoms with Gasteiger partial charge in [0.25, 0.3) is 5.91 Å². The van der Waals surface area contributed by atoms with Crippen molar-refractivity contribution in [1.82, 2.24) is 10.3 Å². The number of hydrogen-bond donors (Lipinski definition) is 2. The summed E-state index contributed by atoms with van der Waals surface area (Å²) < 4.78 is 12.3. The quantitative estimate of drug-likeness (QED) is 0.215. The predicted molar refractivity (Wildman–Crippen MR) is 143 cm³/mol. The van der Waals surface area contributed by atoms with E-state index in [1.165, 1.54) is 5.56 Å². The summed E-state index contributed by atoms with van der Waals surface area (Å²) in [4.78, 5) is 17.2. The van der Waals surface area contributed by atoms with Crippen LogP contribution in [0.2, 0.25) is 0 Å². The SMILES string of the molecule is COc1ccc(-c2nc3cc(C(C)C)ccc3o2)cc1NC(=S)NC(=O)c1ccccc1I. The van der Waals surface area contributed by atoms with E-state index in [2.05, 4.69) is 58.1 Å². The summed E-state index contributed by atoms with van der Waals surface area (Å²) in [6.45, 7) is 4.29. The van der Waals surface area contributed by atoms with Crippen molar-refractivity contribution in [1.29, 1.82) is 0 Å². The fraction of sp³-hybridized carbons (Fsp3) is 0.160. The summed E-state index contributed by atoms with van der Waals surface area (Å²) in [5.41, 5.74) is 4.63. The van der Waals surface area contributed by atoms with Crippen molar-refractivity contribution in [2.24, 2.45) is 0 Å². The van der Waals surface area contributed by atoms with Gasteiger partial charge in [-0.2, -0.15) is 0 Å². The highest BCUT2D eigenvalue weighted by Gasteiger charge is 2.15. The maximum atomic E-state index is 12.6. The number of fused-ring (bicyclic) bond motifs is 1. The van der Waals surface area contributed by atoms with Gasteiger partial charge < -0.3 is 14.5 Å². The van der Waals surface area contributed by atoms with Crippen LogP contribution < -0.4 is 15.4 Å². The van der Waals surface area contributed by atoms with Crippen LogP contribution in [-0.4, -0.2) is 23.1 Å². The molecule has 2 N–H and O–H groups in total. The molecule has 0 atom stereocenters. The molecule has 1 heterocycles. The Balaban J connectivity index is 1.58. The first-order valence-electron chi connectivity index (χ1n) is 10.3. The summed E-state index contributed by atoms with van der Waals surface area (Å²) in [6, 6.07) is 18.8. The van der Waals surface area contributed by atoms with Gasteiger partial charge in [0.1, 0.15) is 11.3 Å². The third-order valence-corrected chi connectivity index (χ3v) is 6.26. The van der Waals surface area contributed by atoms with E-state index in [4.69, 9.17) is 21.4 Å². The van der Waals surface area contributed by atoms with Gasteiger partial charge in [-0.25, -0.2) is 4.98 Å². The van der Waals surface area contributed by atoms with E-state index >= 15 is 0 Å². The van der Waals surface area contributed by atoms with Crippen LogP contribution in [0.1, 0.15) is 35.7 Å². The van der Waals surface area contributed by atoms with E-state index in [1.54, 1.807) is 19.2 Å². The fourth-order valence-electron chi connectivity index (χ4n) is 3.34. The van der Waals surface area contributed by atoms with Crippen LogP contribution in [0.5, 0.6) is 5.75 Å². The number of ether oxygens (including phenoxy) is 1. The predicted octanol–water partition coefficient (Wildman–Crippen LogP) is 6.36. The van der Waals surface area contributed by atoms with Crippen molar-refractivity contribution in [3.05, 3.63) is 75.4 Å². The number of carbonyl (C=O) groups excluding carboxylic acids is 1. The topological polar surface area (TPSA) is 76.4 Å². The summed E-state index contributed by atoms with van der Waals surface area (Å²) in [5.74, 6) is 1.18. The molecule has 0 saturated carbocycles. The molecule has 1 amide bonds. The number of amides is 1. The van der Waals surface area contributed by atoms with E-state index in [9.17, 15) is 4.79 Å². The largest absolute Gasteiger partial charge is 0.495 e. The van der Waals surface area contributed by atoms with E-state index in [-0.39, 0.29) is 11.0 Å². The Kier molecular flexibility index (Phi) is 6.94. The van der Waals surface area contributed by atoms with Crippen molar-refractivity contribution >= 4 is 62.6 Å². The molecule has 0 fully saturated rings. The molecule has 4 aromatic rings. The van der Waals surface area contributed by atoms with Crippen molar-refractivity contribution in [3.8, 4) is 17.2 Å². The number of aromatic nitrogens is 1. The number of nitrogens with zero attached hydrogens (tertiary/aromatic N) is 1. The lowest BCUT2D eigenvalue weighted by Crippen LogP contribution is -2.34. The van der Waals surface area contributed by atoms with Gasteiger partial charge in [0.2, 0.25) is 5.89 Å². The minimum Gasteiger partial charge on any atom is -0.495 e. The van der Waals surface area contributed by atoms with Crippen LogP contribution >= 0.6 is 34.8 Å². The fourth-order valence-corrected chi connectivity index (χ4v) is 4.17. The Morgan fingerprint density at radius 3 is 2.64 bits per heavy atom. The smallest absolute Gasteiger partial charge is 0.258 e. The maximum absolute atomic E-state index is 12.6. The van der Waals surface area contributed by atoms with Gasteiger partial charge in [-0.3, -0.25) is 10.1 Å². The Labute approximate surface area is 210 Å². The van der Waals surface area contributed by atoms with Crippen LogP contribution in [0.3, 0.4) is 0 Å². The maximum Gasteiger partial charge on any atom is 0.258 e. The van der Waals surface area contributed by atoms with Crippen molar-refractivity contribution in [2.75, 3.05) is 12.4 Å². The number of halogens is 1. The zero-order valence-corrected chi connectivity index (χ0v) is 21.3. The molecule has 1 aromatic heterocycles. The number of anilines is 1. The minimum absolute atomic E-state index is 0.161. The van der Waals surface area contributed by atoms with E-state index < -0.39 is 0 Å². The van der Waals surface area contributed by atoms with Crippen LogP contribution in [0, 0.1) is 3.57 Å². The normalized spacial score (nSPS) is 10.9. The molecule has 0 spiro atoms. The monoisotopic (exact) mass is 571 g/mol. The molecule has 168 valence electrons. The number of oxazole rings is 1. The molecule has 33 heavy (non-hydrogen) atoms. The van der Waals surface area contributed by atoms with Crippen molar-refractivity contribution in [2.45, 2.75) is 19.8 Å². The first-order chi connectivity index (χ1) is 15.9. The molecule has 0 radical (unpaired) electrons. The van der Waals surface area contributed by atoms with E-state index in [0.29, 0.717) is 28.8 Å². The van der Waals surface area contributed by atoms with Crippen LogP contribution in [0.4, 0.5) is 5.69 Å². The van der Waals surface area contributed by atoms with E-state index in [1.807, 2.05) is 42.5 Å². The molecule has 0 bridgehead atoms. The number of benzene rings is 3. The van der Waals surface area contributed by atoms with Gasteiger partial charge in [0.05, 0.1) is 18.4 Å². The standard InChI is InChI=1S/C25H22IN3O3S/c1-14(2)15-8-11-22-20(12-15)27-24(32-22)16-9-10-21(31-3)19(13-16)28-25(33)29-23(30)17-6-4-5-7-18(17)26/h4-14H,1-3H3,(H2,28,29,30,33). The van der Waals surface area contributed by atoms with Crippen molar-refractivity contribution in [3.63, 3.8) is 0 Å². The Bertz CT molecular complexity index is 1350. The number of thiocarbonyl (C=S) groups is 1. The lowest BCUT2D eigenvalue weighted by atomic mass is 10.0. The van der Waals surface area contributed by atoms with Gasteiger partial charge in [-0.05, 0) is 88.8 Å². The molecule has 0 aliphatic rings. The lowest BCUT2D eigenvalue weighted by Gasteiger charge is -2.14. The molecule has 4 rings (SSSR count). The number of nitrogens with one attached hydrogen (secondary N) is 2. The number of methoxy groups -OCH3 is 1. The highest BCUT2D eigenvalue weighted by Crippen LogP contribution is 2.32. The summed E-state index contributed by atoms with van der Waals surface area (Å²) >= 11 is 7.49. The number of carbonyl (C=O) groups is 1. The Morgan fingerprint density at radius 1 is 1.12 bits per heavy atom. The third kappa shape index (κ3) is 5.17. The second-order valence-corrected chi connectivity index (χ2v) is 9.27. The number of hydrogen-bond acceptors (Lipinski definition) is 5. The average molecular weight is 571 g/mol. The van der Waals surface area contributed by atoms with E-state index in [0.717, 1.165) is 20.2 Å². The molecule has 0 aliphatic carbocycles. The first-order valence-corrected chi connectivity index (χ1v) is 11.8. The first kappa shape index (κ1) is 23.2. The Morgan fingerprint density at radius 2 is 1.91 bits per heavy atom. The van der Waals surface area contributed by atoms with Crippen LogP contribution in [-0.2, 0) is 0 Å². The molecular formula is C25H22IN3O3S. The number of rotatable bonds is 5. The molecule has 0 saturated heterocycles. The molecule has 0 unspecified atom stereocenters. The summed E-state index contributed by atoms with van der Waals surface area (Å²) in [7, 11) is 1.57. The summed E-state index contributed by atoms with van der Waals surface area (Å²) in [6.07, 6.45) is 0. The van der Waals surface area contributed by atoms with Crippen LogP contribution in [0.25, 0.3) is 22.6 Å².